The summed E-state index contributed by atoms with van der Waals surface area (Å²) in [5.74, 6) is 1.13. The molecule has 0 radical (unpaired) electrons. The third kappa shape index (κ3) is 6.23. The second-order valence-corrected chi connectivity index (χ2v) is 7.54. The zero-order valence-electron chi connectivity index (χ0n) is 16.5. The summed E-state index contributed by atoms with van der Waals surface area (Å²) in [5.41, 5.74) is 1.44. The van der Waals surface area contributed by atoms with Crippen molar-refractivity contribution in [2.45, 2.75) is 11.3 Å². The van der Waals surface area contributed by atoms with Crippen LogP contribution in [0.5, 0.6) is 17.2 Å². The van der Waals surface area contributed by atoms with E-state index in [2.05, 4.69) is 5.32 Å². The van der Waals surface area contributed by atoms with Crippen LogP contribution in [0, 0.1) is 0 Å². The quantitative estimate of drug-likeness (QED) is 0.597. The lowest BCUT2D eigenvalue weighted by Gasteiger charge is -2.09. The first kappa shape index (κ1) is 22.3. The molecule has 2 aromatic carbocycles. The number of primary sulfonamides is 1. The van der Waals surface area contributed by atoms with Gasteiger partial charge in [-0.05, 0) is 42.3 Å². The molecule has 0 saturated carbocycles. The molecule has 0 aromatic heterocycles. The number of ether oxygens (including phenoxy) is 3. The molecule has 0 bridgehead atoms. The summed E-state index contributed by atoms with van der Waals surface area (Å²) in [6.45, 7) is 0.319. The van der Waals surface area contributed by atoms with Crippen molar-refractivity contribution in [3.63, 3.8) is 0 Å². The molecule has 1 amide bonds. The summed E-state index contributed by atoms with van der Waals surface area (Å²) in [6, 6.07) is 9.98. The van der Waals surface area contributed by atoms with Gasteiger partial charge in [-0.25, -0.2) is 13.6 Å². The summed E-state index contributed by atoms with van der Waals surface area (Å²) < 4.78 is 38.8. The van der Waals surface area contributed by atoms with Crippen LogP contribution in [0.1, 0.15) is 11.1 Å². The topological polar surface area (TPSA) is 117 Å². The van der Waals surface area contributed by atoms with Crippen LogP contribution in [0.4, 0.5) is 0 Å². The van der Waals surface area contributed by atoms with Gasteiger partial charge in [-0.3, -0.25) is 4.79 Å². The molecule has 8 nitrogen and oxygen atoms in total. The molecule has 156 valence electrons. The first-order chi connectivity index (χ1) is 13.8. The van der Waals surface area contributed by atoms with Crippen molar-refractivity contribution < 1.29 is 27.4 Å². The smallest absolute Gasteiger partial charge is 0.244 e. The lowest BCUT2D eigenvalue weighted by Crippen LogP contribution is -2.23. The standard InChI is InChI=1S/C20H24N2O6S/c1-26-16-7-5-15(18(13-16)28-3)6-9-20(23)22-11-10-14-4-8-17(27-2)19(12-14)29(21,24)25/h4-9,12-13H,10-11H2,1-3H3,(H,22,23)(H2,21,24,25). The Kier molecular flexibility index (Phi) is 7.63. The van der Waals surface area contributed by atoms with E-state index >= 15 is 0 Å². The molecule has 0 fully saturated rings. The van der Waals surface area contributed by atoms with Crippen molar-refractivity contribution in [1.29, 1.82) is 0 Å². The minimum absolute atomic E-state index is 0.0877. The number of carbonyl (C=O) groups excluding carboxylic acids is 1. The first-order valence-electron chi connectivity index (χ1n) is 8.66. The number of amides is 1. The van der Waals surface area contributed by atoms with E-state index in [4.69, 9.17) is 19.3 Å². The molecule has 0 spiro atoms. The van der Waals surface area contributed by atoms with E-state index in [1.165, 1.54) is 32.4 Å². The maximum Gasteiger partial charge on any atom is 0.244 e. The summed E-state index contributed by atoms with van der Waals surface area (Å²) in [5, 5.41) is 7.96. The van der Waals surface area contributed by atoms with Crippen LogP contribution in [0.2, 0.25) is 0 Å². The van der Waals surface area contributed by atoms with Crippen molar-refractivity contribution >= 4 is 22.0 Å². The average Bonchev–Trinajstić information content (AvgIpc) is 2.71. The fourth-order valence-electron chi connectivity index (χ4n) is 2.61. The van der Waals surface area contributed by atoms with E-state index in [0.29, 0.717) is 30.0 Å². The highest BCUT2D eigenvalue weighted by Crippen LogP contribution is 2.26. The SMILES string of the molecule is COc1ccc(C=CC(=O)NCCc2ccc(OC)c(S(N)(=O)=O)c2)c(OC)c1. The van der Waals surface area contributed by atoms with Gasteiger partial charge < -0.3 is 19.5 Å². The second-order valence-electron chi connectivity index (χ2n) is 6.01. The molecule has 0 unspecified atom stereocenters. The van der Waals surface area contributed by atoms with Gasteiger partial charge in [-0.15, -0.1) is 0 Å². The van der Waals surface area contributed by atoms with Crippen LogP contribution in [0.3, 0.4) is 0 Å². The van der Waals surface area contributed by atoms with Gasteiger partial charge in [0.1, 0.15) is 22.1 Å². The lowest BCUT2D eigenvalue weighted by atomic mass is 10.1. The highest BCUT2D eigenvalue weighted by molar-refractivity contribution is 7.89. The van der Waals surface area contributed by atoms with E-state index < -0.39 is 10.0 Å². The molecule has 0 aliphatic rings. The lowest BCUT2D eigenvalue weighted by molar-refractivity contribution is -0.116. The Morgan fingerprint density at radius 1 is 1.03 bits per heavy atom. The van der Waals surface area contributed by atoms with E-state index in [-0.39, 0.29) is 16.6 Å². The van der Waals surface area contributed by atoms with Gasteiger partial charge in [0.15, 0.2) is 0 Å². The zero-order valence-corrected chi connectivity index (χ0v) is 17.3. The average molecular weight is 420 g/mol. The predicted molar refractivity (Wildman–Crippen MR) is 110 cm³/mol. The van der Waals surface area contributed by atoms with Gasteiger partial charge in [-0.2, -0.15) is 0 Å². The Morgan fingerprint density at radius 2 is 1.76 bits per heavy atom. The number of hydrogen-bond acceptors (Lipinski definition) is 6. The molecule has 2 aromatic rings. The Hall–Kier alpha value is -3.04. The van der Waals surface area contributed by atoms with Gasteiger partial charge >= 0.3 is 0 Å². The summed E-state index contributed by atoms with van der Waals surface area (Å²) in [4.78, 5) is 12.0. The Morgan fingerprint density at radius 3 is 2.38 bits per heavy atom. The molecule has 0 atom stereocenters. The highest BCUT2D eigenvalue weighted by atomic mass is 32.2. The van der Waals surface area contributed by atoms with Crippen molar-refractivity contribution in [1.82, 2.24) is 5.32 Å². The van der Waals surface area contributed by atoms with Gasteiger partial charge in [-0.1, -0.05) is 6.07 Å². The highest BCUT2D eigenvalue weighted by Gasteiger charge is 2.15. The maximum absolute atomic E-state index is 12.1. The van der Waals surface area contributed by atoms with E-state index in [9.17, 15) is 13.2 Å². The van der Waals surface area contributed by atoms with Crippen molar-refractivity contribution in [3.8, 4) is 17.2 Å². The van der Waals surface area contributed by atoms with Gasteiger partial charge in [0, 0.05) is 24.3 Å². The molecule has 2 rings (SSSR count). The van der Waals surface area contributed by atoms with Gasteiger partial charge in [0.2, 0.25) is 15.9 Å². The predicted octanol–water partition coefficient (Wildman–Crippen LogP) is 1.73. The van der Waals surface area contributed by atoms with Gasteiger partial charge in [0.05, 0.1) is 21.3 Å². The number of methoxy groups -OCH3 is 3. The number of rotatable bonds is 9. The third-order valence-corrected chi connectivity index (χ3v) is 5.03. The van der Waals surface area contributed by atoms with Gasteiger partial charge in [0.25, 0.3) is 0 Å². The summed E-state index contributed by atoms with van der Waals surface area (Å²) in [7, 11) is 0.565. The molecular formula is C20H24N2O6S. The Labute approximate surface area is 170 Å². The molecule has 9 heteroatoms. The number of nitrogens with one attached hydrogen (secondary N) is 1. The van der Waals surface area contributed by atoms with Crippen molar-refractivity contribution in [3.05, 3.63) is 53.6 Å². The van der Waals surface area contributed by atoms with Crippen LogP contribution >= 0.6 is 0 Å². The molecule has 0 aliphatic carbocycles. The van der Waals surface area contributed by atoms with Crippen LogP contribution in [0.15, 0.2) is 47.4 Å². The normalized spacial score (nSPS) is 11.3. The molecule has 0 saturated heterocycles. The Bertz CT molecular complexity index is 1000. The zero-order chi connectivity index (χ0) is 21.4. The summed E-state index contributed by atoms with van der Waals surface area (Å²) in [6.07, 6.45) is 3.46. The molecule has 29 heavy (non-hydrogen) atoms. The summed E-state index contributed by atoms with van der Waals surface area (Å²) >= 11 is 0. The van der Waals surface area contributed by atoms with Crippen LogP contribution in [-0.4, -0.2) is 42.2 Å². The second kappa shape index (κ2) is 9.94. The number of hydrogen-bond donors (Lipinski definition) is 2. The Balaban J connectivity index is 1.98. The third-order valence-electron chi connectivity index (χ3n) is 4.10. The van der Waals surface area contributed by atoms with Crippen LogP contribution in [-0.2, 0) is 21.2 Å². The van der Waals surface area contributed by atoms with Crippen molar-refractivity contribution in [2.75, 3.05) is 27.9 Å². The van der Waals surface area contributed by atoms with Crippen LogP contribution < -0.4 is 24.7 Å². The largest absolute Gasteiger partial charge is 0.497 e. The van der Waals surface area contributed by atoms with E-state index in [1.54, 1.807) is 37.5 Å². The van der Waals surface area contributed by atoms with Crippen LogP contribution in [0.25, 0.3) is 6.08 Å². The minimum atomic E-state index is -3.90. The number of nitrogens with two attached hydrogens (primary N) is 1. The molecular weight excluding hydrogens is 396 g/mol. The molecule has 3 N–H and O–H groups in total. The monoisotopic (exact) mass is 420 g/mol. The number of sulfonamides is 1. The molecule has 0 aliphatic heterocycles. The molecule has 0 heterocycles. The van der Waals surface area contributed by atoms with Crippen molar-refractivity contribution in [2.24, 2.45) is 5.14 Å². The fraction of sp³-hybridized carbons (Fsp3) is 0.250. The fourth-order valence-corrected chi connectivity index (χ4v) is 3.36. The number of benzene rings is 2. The van der Waals surface area contributed by atoms with E-state index in [1.807, 2.05) is 0 Å². The first-order valence-corrected chi connectivity index (χ1v) is 10.2. The van der Waals surface area contributed by atoms with E-state index in [0.717, 1.165) is 5.56 Å². The maximum atomic E-state index is 12.1. The number of carbonyl (C=O) groups is 1. The minimum Gasteiger partial charge on any atom is -0.497 e.